The highest BCUT2D eigenvalue weighted by Gasteiger charge is 2.11. The van der Waals surface area contributed by atoms with Crippen LogP contribution in [0.3, 0.4) is 0 Å². The van der Waals surface area contributed by atoms with Crippen molar-refractivity contribution in [2.45, 2.75) is 13.0 Å². The first-order valence-electron chi connectivity index (χ1n) is 3.84. The van der Waals surface area contributed by atoms with Crippen LogP contribution in [0.5, 0.6) is 5.75 Å². The highest BCUT2D eigenvalue weighted by molar-refractivity contribution is 5.85. The lowest BCUT2D eigenvalue weighted by molar-refractivity contribution is -0.144. The van der Waals surface area contributed by atoms with Crippen LogP contribution in [0.1, 0.15) is 6.92 Å². The molecule has 0 heterocycles. The van der Waals surface area contributed by atoms with Crippen LogP contribution in [0.25, 0.3) is 0 Å². The first-order chi connectivity index (χ1) is 6.09. The molecule has 0 saturated heterocycles. The number of carbonyl (C=O) groups is 1. The van der Waals surface area contributed by atoms with Gasteiger partial charge >= 0.3 is 5.97 Å². The molecular formula is C9H12ClNO3. The lowest BCUT2D eigenvalue weighted by Crippen LogP contribution is -2.22. The molecule has 0 aliphatic carbocycles. The standard InChI is InChI=1S/C9H11NO3.ClH/c1-6(9(11)12)13-8-4-2-3-7(10)5-8;/h2-6H,10H2,1H3,(H,11,12);1H. The molecule has 0 saturated carbocycles. The van der Waals surface area contributed by atoms with Crippen molar-refractivity contribution in [3.63, 3.8) is 0 Å². The first kappa shape index (κ1) is 12.6. The summed E-state index contributed by atoms with van der Waals surface area (Å²) in [5.41, 5.74) is 6.03. The van der Waals surface area contributed by atoms with Crippen LogP contribution in [0.4, 0.5) is 5.69 Å². The number of nitrogen functional groups attached to an aromatic ring is 1. The van der Waals surface area contributed by atoms with Gasteiger partial charge in [-0.15, -0.1) is 12.4 Å². The molecule has 4 nitrogen and oxygen atoms in total. The maximum atomic E-state index is 10.4. The largest absolute Gasteiger partial charge is 0.479 e. The third-order valence-corrected chi connectivity index (χ3v) is 1.52. The molecule has 0 amide bonds. The van der Waals surface area contributed by atoms with Gasteiger partial charge < -0.3 is 15.6 Å². The number of aliphatic carboxylic acids is 1. The van der Waals surface area contributed by atoms with Crippen molar-refractivity contribution >= 4 is 24.1 Å². The third-order valence-electron chi connectivity index (χ3n) is 1.52. The average Bonchev–Trinajstić information content (AvgIpc) is 2.04. The van der Waals surface area contributed by atoms with E-state index in [4.69, 9.17) is 15.6 Å². The molecule has 1 rings (SSSR count). The molecule has 1 aromatic carbocycles. The Morgan fingerprint density at radius 3 is 2.71 bits per heavy atom. The van der Waals surface area contributed by atoms with Gasteiger partial charge in [0.15, 0.2) is 6.10 Å². The fraction of sp³-hybridized carbons (Fsp3) is 0.222. The zero-order chi connectivity index (χ0) is 9.84. The number of carboxylic acid groups (broad SMARTS) is 1. The molecule has 1 aromatic rings. The van der Waals surface area contributed by atoms with Crippen molar-refractivity contribution in [2.75, 3.05) is 5.73 Å². The van der Waals surface area contributed by atoms with E-state index in [9.17, 15) is 4.79 Å². The number of anilines is 1. The minimum absolute atomic E-state index is 0. The van der Waals surface area contributed by atoms with E-state index < -0.39 is 12.1 Å². The van der Waals surface area contributed by atoms with E-state index in [1.54, 1.807) is 24.3 Å². The van der Waals surface area contributed by atoms with Gasteiger partial charge in [-0.3, -0.25) is 0 Å². The van der Waals surface area contributed by atoms with E-state index >= 15 is 0 Å². The summed E-state index contributed by atoms with van der Waals surface area (Å²) in [7, 11) is 0. The van der Waals surface area contributed by atoms with Gasteiger partial charge in [-0.2, -0.15) is 0 Å². The number of carboxylic acids is 1. The van der Waals surface area contributed by atoms with Crippen LogP contribution in [-0.4, -0.2) is 17.2 Å². The summed E-state index contributed by atoms with van der Waals surface area (Å²) in [6.45, 7) is 1.46. The summed E-state index contributed by atoms with van der Waals surface area (Å²) in [6.07, 6.45) is -0.859. The van der Waals surface area contributed by atoms with E-state index in [1.807, 2.05) is 0 Å². The second-order valence-corrected chi connectivity index (χ2v) is 2.67. The van der Waals surface area contributed by atoms with Crippen LogP contribution in [0.2, 0.25) is 0 Å². The number of nitrogens with two attached hydrogens (primary N) is 1. The predicted octanol–water partition coefficient (Wildman–Crippen LogP) is 1.54. The zero-order valence-corrected chi connectivity index (χ0v) is 8.45. The first-order valence-corrected chi connectivity index (χ1v) is 3.84. The molecule has 0 aliphatic rings. The second-order valence-electron chi connectivity index (χ2n) is 2.67. The average molecular weight is 218 g/mol. The molecule has 78 valence electrons. The lowest BCUT2D eigenvalue weighted by Gasteiger charge is -2.10. The van der Waals surface area contributed by atoms with Gasteiger partial charge in [0.2, 0.25) is 0 Å². The van der Waals surface area contributed by atoms with E-state index in [0.717, 1.165) is 0 Å². The van der Waals surface area contributed by atoms with E-state index in [1.165, 1.54) is 6.92 Å². The SMILES string of the molecule is CC(Oc1cccc(N)c1)C(=O)O.Cl. The Hall–Kier alpha value is -1.42. The quantitative estimate of drug-likeness (QED) is 0.754. The molecule has 14 heavy (non-hydrogen) atoms. The van der Waals surface area contributed by atoms with Crippen molar-refractivity contribution in [3.05, 3.63) is 24.3 Å². The molecule has 3 N–H and O–H groups in total. The van der Waals surface area contributed by atoms with Gasteiger partial charge in [0.05, 0.1) is 0 Å². The minimum Gasteiger partial charge on any atom is -0.479 e. The number of ether oxygens (including phenoxy) is 1. The highest BCUT2D eigenvalue weighted by Crippen LogP contribution is 2.15. The Morgan fingerprint density at radius 2 is 2.21 bits per heavy atom. The van der Waals surface area contributed by atoms with E-state index in [-0.39, 0.29) is 12.4 Å². The fourth-order valence-corrected chi connectivity index (χ4v) is 0.842. The van der Waals surface area contributed by atoms with Crippen molar-refractivity contribution in [1.29, 1.82) is 0 Å². The molecule has 5 heteroatoms. The topological polar surface area (TPSA) is 72.5 Å². The fourth-order valence-electron chi connectivity index (χ4n) is 0.842. The van der Waals surface area contributed by atoms with Gasteiger partial charge in [0.1, 0.15) is 5.75 Å². The van der Waals surface area contributed by atoms with Gasteiger partial charge in [0.25, 0.3) is 0 Å². The van der Waals surface area contributed by atoms with Crippen molar-refractivity contribution in [2.24, 2.45) is 0 Å². The minimum atomic E-state index is -0.998. The van der Waals surface area contributed by atoms with Gasteiger partial charge in [-0.25, -0.2) is 4.79 Å². The van der Waals surface area contributed by atoms with Gasteiger partial charge in [-0.1, -0.05) is 6.07 Å². The van der Waals surface area contributed by atoms with E-state index in [0.29, 0.717) is 11.4 Å². The van der Waals surface area contributed by atoms with Crippen LogP contribution in [-0.2, 0) is 4.79 Å². The number of rotatable bonds is 3. The van der Waals surface area contributed by atoms with Crippen molar-refractivity contribution in [3.8, 4) is 5.75 Å². The van der Waals surface area contributed by atoms with Gasteiger partial charge in [0, 0.05) is 11.8 Å². The van der Waals surface area contributed by atoms with Crippen LogP contribution in [0.15, 0.2) is 24.3 Å². The Balaban J connectivity index is 0.00000169. The number of hydrogen-bond acceptors (Lipinski definition) is 3. The highest BCUT2D eigenvalue weighted by atomic mass is 35.5. The molecule has 1 atom stereocenters. The van der Waals surface area contributed by atoms with E-state index in [2.05, 4.69) is 0 Å². The molecular weight excluding hydrogens is 206 g/mol. The molecule has 1 unspecified atom stereocenters. The lowest BCUT2D eigenvalue weighted by atomic mass is 10.3. The Morgan fingerprint density at radius 1 is 1.57 bits per heavy atom. The summed E-state index contributed by atoms with van der Waals surface area (Å²) < 4.78 is 5.08. The molecule has 0 aliphatic heterocycles. The summed E-state index contributed by atoms with van der Waals surface area (Å²) in [4.78, 5) is 10.4. The monoisotopic (exact) mass is 217 g/mol. The number of benzene rings is 1. The van der Waals surface area contributed by atoms with Crippen LogP contribution < -0.4 is 10.5 Å². The Kier molecular flexibility index (Phi) is 4.80. The van der Waals surface area contributed by atoms with Gasteiger partial charge in [-0.05, 0) is 19.1 Å². The number of halogens is 1. The zero-order valence-electron chi connectivity index (χ0n) is 7.64. The predicted molar refractivity (Wildman–Crippen MR) is 55.8 cm³/mol. The molecule has 0 aromatic heterocycles. The molecule has 0 fully saturated rings. The van der Waals surface area contributed by atoms with Crippen LogP contribution >= 0.6 is 12.4 Å². The summed E-state index contributed by atoms with van der Waals surface area (Å²) in [6, 6.07) is 6.66. The maximum Gasteiger partial charge on any atom is 0.344 e. The van der Waals surface area contributed by atoms with Crippen LogP contribution in [0, 0.1) is 0 Å². The third kappa shape index (κ3) is 3.53. The second kappa shape index (κ2) is 5.34. The Bertz CT molecular complexity index is 317. The summed E-state index contributed by atoms with van der Waals surface area (Å²) in [5, 5.41) is 8.56. The molecule has 0 spiro atoms. The van der Waals surface area contributed by atoms with Crippen molar-refractivity contribution in [1.82, 2.24) is 0 Å². The molecule has 0 bridgehead atoms. The normalized spacial score (nSPS) is 11.2. The summed E-state index contributed by atoms with van der Waals surface area (Å²) in [5.74, 6) is -0.530. The maximum absolute atomic E-state index is 10.4. The number of hydrogen-bond donors (Lipinski definition) is 2. The molecule has 0 radical (unpaired) electrons. The summed E-state index contributed by atoms with van der Waals surface area (Å²) >= 11 is 0. The van der Waals surface area contributed by atoms with Crippen molar-refractivity contribution < 1.29 is 14.6 Å². The Labute approximate surface area is 88.1 Å². The smallest absolute Gasteiger partial charge is 0.344 e.